The molecule has 24 heavy (non-hydrogen) atoms. The molecule has 1 aliphatic heterocycles. The molecule has 122 valence electrons. The number of ether oxygens (including phenoxy) is 1. The largest absolute Gasteiger partial charge is 0.508 e. The van der Waals surface area contributed by atoms with Gasteiger partial charge < -0.3 is 15.2 Å². The van der Waals surface area contributed by atoms with Crippen LogP contribution in [-0.4, -0.2) is 22.8 Å². The molecule has 0 aliphatic carbocycles. The number of amides is 1. The molecule has 2 N–H and O–H groups in total. The zero-order chi connectivity index (χ0) is 16.9. The Bertz CT molecular complexity index is 796. The molecule has 0 unspecified atom stereocenters. The van der Waals surface area contributed by atoms with Crippen LogP contribution in [0.4, 0.5) is 5.69 Å². The van der Waals surface area contributed by atoms with Gasteiger partial charge in [-0.15, -0.1) is 0 Å². The van der Waals surface area contributed by atoms with E-state index >= 15 is 0 Å². The first-order valence-corrected chi connectivity index (χ1v) is 8.27. The summed E-state index contributed by atoms with van der Waals surface area (Å²) < 4.78 is 5.39. The topological polar surface area (TPSA) is 70.9 Å². The van der Waals surface area contributed by atoms with E-state index in [0.29, 0.717) is 16.7 Å². The van der Waals surface area contributed by atoms with Crippen LogP contribution in [0.5, 0.6) is 11.5 Å². The molecule has 6 heteroatoms. The molecule has 1 aliphatic rings. The monoisotopic (exact) mass is 340 g/mol. The van der Waals surface area contributed by atoms with Gasteiger partial charge in [0.15, 0.2) is 5.17 Å². The molecule has 1 fully saturated rings. The van der Waals surface area contributed by atoms with E-state index in [-0.39, 0.29) is 11.7 Å². The maximum absolute atomic E-state index is 12.0. The Labute approximate surface area is 144 Å². The SMILES string of the molecule is CCOc1ccc(N=C2NC(=O)/C(=C/c3ccc(O)cc3)S2)cc1. The van der Waals surface area contributed by atoms with Crippen LogP contribution in [0, 0.1) is 0 Å². The van der Waals surface area contributed by atoms with E-state index in [2.05, 4.69) is 10.3 Å². The van der Waals surface area contributed by atoms with Crippen molar-refractivity contribution in [2.45, 2.75) is 6.92 Å². The average Bonchev–Trinajstić information content (AvgIpc) is 2.91. The van der Waals surface area contributed by atoms with Crippen molar-refractivity contribution in [3.63, 3.8) is 0 Å². The lowest BCUT2D eigenvalue weighted by atomic mass is 10.2. The Kier molecular flexibility index (Phi) is 4.86. The van der Waals surface area contributed by atoms with Gasteiger partial charge in [-0.25, -0.2) is 4.99 Å². The smallest absolute Gasteiger partial charge is 0.264 e. The van der Waals surface area contributed by atoms with Gasteiger partial charge in [-0.3, -0.25) is 4.79 Å². The van der Waals surface area contributed by atoms with E-state index in [4.69, 9.17) is 4.74 Å². The third-order valence-electron chi connectivity index (χ3n) is 3.22. The van der Waals surface area contributed by atoms with E-state index < -0.39 is 0 Å². The zero-order valence-electron chi connectivity index (χ0n) is 13.0. The predicted molar refractivity (Wildman–Crippen MR) is 96.5 cm³/mol. The highest BCUT2D eigenvalue weighted by molar-refractivity contribution is 8.18. The number of nitrogens with one attached hydrogen (secondary N) is 1. The summed E-state index contributed by atoms with van der Waals surface area (Å²) in [5, 5.41) is 12.6. The summed E-state index contributed by atoms with van der Waals surface area (Å²) in [5.41, 5.74) is 1.58. The van der Waals surface area contributed by atoms with Crippen LogP contribution in [0.1, 0.15) is 12.5 Å². The highest BCUT2D eigenvalue weighted by atomic mass is 32.2. The molecule has 2 aromatic carbocycles. The van der Waals surface area contributed by atoms with E-state index in [1.807, 2.05) is 31.2 Å². The molecule has 0 atom stereocenters. The molecule has 3 rings (SSSR count). The van der Waals surface area contributed by atoms with Crippen molar-refractivity contribution in [3.8, 4) is 11.5 Å². The first kappa shape index (κ1) is 16.1. The molecular formula is C18H16N2O3S. The summed E-state index contributed by atoms with van der Waals surface area (Å²) in [5.74, 6) is 0.800. The van der Waals surface area contributed by atoms with Crippen LogP contribution >= 0.6 is 11.8 Å². The number of hydrogen-bond donors (Lipinski definition) is 2. The van der Waals surface area contributed by atoms with Gasteiger partial charge in [0.1, 0.15) is 11.5 Å². The van der Waals surface area contributed by atoms with Gasteiger partial charge in [0.25, 0.3) is 5.91 Å². The highest BCUT2D eigenvalue weighted by Crippen LogP contribution is 2.28. The van der Waals surface area contributed by atoms with Crippen LogP contribution in [0.2, 0.25) is 0 Å². The zero-order valence-corrected chi connectivity index (χ0v) is 13.8. The fourth-order valence-electron chi connectivity index (χ4n) is 2.10. The van der Waals surface area contributed by atoms with E-state index in [1.165, 1.54) is 11.8 Å². The van der Waals surface area contributed by atoms with Crippen molar-refractivity contribution in [1.29, 1.82) is 0 Å². The van der Waals surface area contributed by atoms with Crippen LogP contribution in [0.25, 0.3) is 6.08 Å². The van der Waals surface area contributed by atoms with Crippen molar-refractivity contribution in [1.82, 2.24) is 5.32 Å². The number of thioether (sulfide) groups is 1. The third-order valence-corrected chi connectivity index (χ3v) is 4.13. The van der Waals surface area contributed by atoms with Crippen molar-refractivity contribution < 1.29 is 14.6 Å². The maximum atomic E-state index is 12.0. The van der Waals surface area contributed by atoms with Gasteiger partial charge in [0.2, 0.25) is 0 Å². The van der Waals surface area contributed by atoms with Gasteiger partial charge >= 0.3 is 0 Å². The van der Waals surface area contributed by atoms with E-state index in [0.717, 1.165) is 17.0 Å². The van der Waals surface area contributed by atoms with Crippen LogP contribution in [0.15, 0.2) is 58.4 Å². The number of benzene rings is 2. The first-order chi connectivity index (χ1) is 11.6. The Morgan fingerprint density at radius 1 is 1.17 bits per heavy atom. The second-order valence-electron chi connectivity index (χ2n) is 5.00. The van der Waals surface area contributed by atoms with Crippen LogP contribution in [-0.2, 0) is 4.79 Å². The Morgan fingerprint density at radius 2 is 1.88 bits per heavy atom. The second kappa shape index (κ2) is 7.23. The minimum absolute atomic E-state index is 0.183. The molecular weight excluding hydrogens is 324 g/mol. The number of phenols is 1. The standard InChI is InChI=1S/C18H16N2O3S/c1-2-23-15-9-5-13(6-10-15)19-18-20-17(22)16(24-18)11-12-3-7-14(21)8-4-12/h3-11,21H,2H2,1H3,(H,19,20,22)/b16-11-. The minimum atomic E-state index is -0.183. The molecule has 1 amide bonds. The summed E-state index contributed by atoms with van der Waals surface area (Å²) in [4.78, 5) is 17.0. The van der Waals surface area contributed by atoms with Gasteiger partial charge in [-0.05, 0) is 66.7 Å². The molecule has 0 aromatic heterocycles. The van der Waals surface area contributed by atoms with Crippen LogP contribution in [0.3, 0.4) is 0 Å². The lowest BCUT2D eigenvalue weighted by Crippen LogP contribution is -2.19. The average molecular weight is 340 g/mol. The molecule has 1 heterocycles. The summed E-state index contributed by atoms with van der Waals surface area (Å²) in [6.45, 7) is 2.55. The molecule has 5 nitrogen and oxygen atoms in total. The van der Waals surface area contributed by atoms with Crippen LogP contribution < -0.4 is 10.1 Å². The van der Waals surface area contributed by atoms with Crippen molar-refractivity contribution >= 4 is 34.6 Å². The van der Waals surface area contributed by atoms with Gasteiger partial charge in [0.05, 0.1) is 17.2 Å². The van der Waals surface area contributed by atoms with Crippen molar-refractivity contribution in [3.05, 3.63) is 59.0 Å². The number of phenolic OH excluding ortho intramolecular Hbond substituents is 1. The molecule has 1 saturated heterocycles. The minimum Gasteiger partial charge on any atom is -0.508 e. The molecule has 0 bridgehead atoms. The number of aromatic hydroxyl groups is 1. The quantitative estimate of drug-likeness (QED) is 0.833. The number of carbonyl (C=O) groups excluding carboxylic acids is 1. The normalized spacial score (nSPS) is 17.3. The lowest BCUT2D eigenvalue weighted by Gasteiger charge is -2.02. The summed E-state index contributed by atoms with van der Waals surface area (Å²) in [7, 11) is 0. The molecule has 2 aromatic rings. The summed E-state index contributed by atoms with van der Waals surface area (Å²) >= 11 is 1.28. The highest BCUT2D eigenvalue weighted by Gasteiger charge is 2.23. The Balaban J connectivity index is 1.75. The Hall–Kier alpha value is -2.73. The van der Waals surface area contributed by atoms with E-state index in [1.54, 1.807) is 30.3 Å². The number of hydrogen-bond acceptors (Lipinski definition) is 5. The number of amidine groups is 1. The fourth-order valence-corrected chi connectivity index (χ4v) is 2.95. The third kappa shape index (κ3) is 3.97. The lowest BCUT2D eigenvalue weighted by molar-refractivity contribution is -0.115. The maximum Gasteiger partial charge on any atom is 0.264 e. The van der Waals surface area contributed by atoms with Crippen molar-refractivity contribution in [2.75, 3.05) is 6.61 Å². The summed E-state index contributed by atoms with van der Waals surface area (Å²) in [6.07, 6.45) is 1.76. The van der Waals surface area contributed by atoms with Gasteiger partial charge in [-0.2, -0.15) is 0 Å². The second-order valence-corrected chi connectivity index (χ2v) is 6.03. The van der Waals surface area contributed by atoms with Crippen molar-refractivity contribution in [2.24, 2.45) is 4.99 Å². The van der Waals surface area contributed by atoms with Gasteiger partial charge in [-0.1, -0.05) is 12.1 Å². The molecule has 0 spiro atoms. The summed E-state index contributed by atoms with van der Waals surface area (Å²) in [6, 6.07) is 14.0. The number of rotatable bonds is 4. The predicted octanol–water partition coefficient (Wildman–Crippen LogP) is 3.68. The van der Waals surface area contributed by atoms with Gasteiger partial charge in [0, 0.05) is 0 Å². The first-order valence-electron chi connectivity index (χ1n) is 7.45. The molecule has 0 saturated carbocycles. The van der Waals surface area contributed by atoms with E-state index in [9.17, 15) is 9.90 Å². The number of carbonyl (C=O) groups is 1. The molecule has 0 radical (unpaired) electrons. The fraction of sp³-hybridized carbons (Fsp3) is 0.111. The number of aliphatic imine (C=N–C) groups is 1. The Morgan fingerprint density at radius 3 is 2.54 bits per heavy atom. The number of nitrogens with zero attached hydrogens (tertiary/aromatic N) is 1.